The molecule has 0 atom stereocenters. The number of aromatic nitrogens is 2. The molecule has 3 rings (SSSR count). The average Bonchev–Trinajstić information content (AvgIpc) is 2.70. The second-order valence-electron chi connectivity index (χ2n) is 5.89. The molecular weight excluding hydrogens is 246 g/mol. The molecule has 106 valence electrons. The Morgan fingerprint density at radius 1 is 1.05 bits per heavy atom. The van der Waals surface area contributed by atoms with Crippen LogP contribution in [0.25, 0.3) is 11.3 Å². The summed E-state index contributed by atoms with van der Waals surface area (Å²) < 4.78 is 1.72. The van der Waals surface area contributed by atoms with Crippen LogP contribution in [0.3, 0.4) is 0 Å². The van der Waals surface area contributed by atoms with Gasteiger partial charge in [-0.2, -0.15) is 5.10 Å². The molecule has 0 radical (unpaired) electrons. The summed E-state index contributed by atoms with van der Waals surface area (Å²) in [5, 5.41) is 4.43. The van der Waals surface area contributed by atoms with Gasteiger partial charge in [-0.25, -0.2) is 0 Å². The SMILES string of the molecule is Cn1nc(-c2ccc(C3CCCCCC3)cc2)cc1N. The molecule has 0 aliphatic heterocycles. The zero-order chi connectivity index (χ0) is 13.9. The van der Waals surface area contributed by atoms with Crippen LogP contribution in [0, 0.1) is 0 Å². The third-order valence-corrected chi connectivity index (χ3v) is 4.45. The van der Waals surface area contributed by atoms with Gasteiger partial charge in [0.15, 0.2) is 0 Å². The van der Waals surface area contributed by atoms with Crippen molar-refractivity contribution in [2.75, 3.05) is 5.73 Å². The van der Waals surface area contributed by atoms with Crippen LogP contribution >= 0.6 is 0 Å². The molecule has 3 nitrogen and oxygen atoms in total. The monoisotopic (exact) mass is 269 g/mol. The fraction of sp³-hybridized carbons (Fsp3) is 0.471. The third-order valence-electron chi connectivity index (χ3n) is 4.45. The molecule has 3 heteroatoms. The molecule has 1 aromatic heterocycles. The lowest BCUT2D eigenvalue weighted by atomic mass is 9.91. The molecule has 0 unspecified atom stereocenters. The Morgan fingerprint density at radius 3 is 2.25 bits per heavy atom. The molecule has 2 N–H and O–H groups in total. The summed E-state index contributed by atoms with van der Waals surface area (Å²) in [4.78, 5) is 0. The predicted octanol–water partition coefficient (Wildman–Crippen LogP) is 4.11. The lowest BCUT2D eigenvalue weighted by Gasteiger charge is -2.14. The highest BCUT2D eigenvalue weighted by molar-refractivity contribution is 5.62. The number of nitrogen functional groups attached to an aromatic ring is 1. The van der Waals surface area contributed by atoms with Crippen molar-refractivity contribution in [2.24, 2.45) is 7.05 Å². The topological polar surface area (TPSA) is 43.8 Å². The van der Waals surface area contributed by atoms with Gasteiger partial charge in [0.25, 0.3) is 0 Å². The van der Waals surface area contributed by atoms with Crippen molar-refractivity contribution in [1.82, 2.24) is 9.78 Å². The van der Waals surface area contributed by atoms with Gasteiger partial charge in [-0.15, -0.1) is 0 Å². The van der Waals surface area contributed by atoms with Crippen LogP contribution in [0.2, 0.25) is 0 Å². The van der Waals surface area contributed by atoms with Gasteiger partial charge >= 0.3 is 0 Å². The Labute approximate surface area is 120 Å². The predicted molar refractivity (Wildman–Crippen MR) is 83.5 cm³/mol. The summed E-state index contributed by atoms with van der Waals surface area (Å²) >= 11 is 0. The number of rotatable bonds is 2. The number of aryl methyl sites for hydroxylation is 1. The van der Waals surface area contributed by atoms with Crippen LogP contribution < -0.4 is 5.73 Å². The van der Waals surface area contributed by atoms with Crippen molar-refractivity contribution in [3.05, 3.63) is 35.9 Å². The van der Waals surface area contributed by atoms with Crippen molar-refractivity contribution < 1.29 is 0 Å². The van der Waals surface area contributed by atoms with E-state index in [1.807, 2.05) is 13.1 Å². The molecule has 1 aliphatic carbocycles. The molecule has 1 aliphatic rings. The van der Waals surface area contributed by atoms with Crippen LogP contribution in [0.5, 0.6) is 0 Å². The first kappa shape index (κ1) is 13.2. The zero-order valence-electron chi connectivity index (χ0n) is 12.2. The average molecular weight is 269 g/mol. The summed E-state index contributed by atoms with van der Waals surface area (Å²) in [7, 11) is 1.87. The number of benzene rings is 1. The molecule has 0 saturated heterocycles. The van der Waals surface area contributed by atoms with Crippen molar-refractivity contribution in [3.63, 3.8) is 0 Å². The fourth-order valence-corrected chi connectivity index (χ4v) is 3.16. The van der Waals surface area contributed by atoms with E-state index in [1.54, 1.807) is 4.68 Å². The minimum atomic E-state index is 0.702. The molecule has 1 aromatic carbocycles. The first-order chi connectivity index (χ1) is 9.74. The van der Waals surface area contributed by atoms with Gasteiger partial charge in [0.1, 0.15) is 5.82 Å². The van der Waals surface area contributed by atoms with Gasteiger partial charge in [-0.05, 0) is 24.3 Å². The van der Waals surface area contributed by atoms with E-state index in [9.17, 15) is 0 Å². The van der Waals surface area contributed by atoms with Crippen molar-refractivity contribution in [3.8, 4) is 11.3 Å². The maximum Gasteiger partial charge on any atom is 0.121 e. The Hall–Kier alpha value is -1.77. The first-order valence-electron chi connectivity index (χ1n) is 7.64. The minimum Gasteiger partial charge on any atom is -0.384 e. The van der Waals surface area contributed by atoms with E-state index in [1.165, 1.54) is 44.1 Å². The smallest absolute Gasteiger partial charge is 0.121 e. The van der Waals surface area contributed by atoms with Gasteiger partial charge in [-0.3, -0.25) is 4.68 Å². The van der Waals surface area contributed by atoms with E-state index in [2.05, 4.69) is 29.4 Å². The minimum absolute atomic E-state index is 0.702. The quantitative estimate of drug-likeness (QED) is 0.834. The van der Waals surface area contributed by atoms with E-state index in [-0.39, 0.29) is 0 Å². The molecule has 20 heavy (non-hydrogen) atoms. The second-order valence-corrected chi connectivity index (χ2v) is 5.89. The van der Waals surface area contributed by atoms with E-state index >= 15 is 0 Å². The van der Waals surface area contributed by atoms with E-state index < -0.39 is 0 Å². The van der Waals surface area contributed by atoms with Crippen LogP contribution in [-0.4, -0.2) is 9.78 Å². The van der Waals surface area contributed by atoms with Gasteiger partial charge < -0.3 is 5.73 Å². The highest BCUT2D eigenvalue weighted by Gasteiger charge is 2.14. The Balaban J connectivity index is 1.80. The number of anilines is 1. The van der Waals surface area contributed by atoms with Crippen LogP contribution in [-0.2, 0) is 7.05 Å². The van der Waals surface area contributed by atoms with Crippen molar-refractivity contribution in [2.45, 2.75) is 44.4 Å². The summed E-state index contributed by atoms with van der Waals surface area (Å²) in [6, 6.07) is 10.8. The van der Waals surface area contributed by atoms with Gasteiger partial charge in [-0.1, -0.05) is 49.9 Å². The molecular formula is C17H23N3. The largest absolute Gasteiger partial charge is 0.384 e. The highest BCUT2D eigenvalue weighted by Crippen LogP contribution is 2.32. The molecule has 2 aromatic rings. The maximum atomic E-state index is 5.84. The summed E-state index contributed by atoms with van der Waals surface area (Å²) in [6.45, 7) is 0. The molecule has 0 bridgehead atoms. The van der Waals surface area contributed by atoms with E-state index in [0.717, 1.165) is 17.2 Å². The fourth-order valence-electron chi connectivity index (χ4n) is 3.16. The summed E-state index contributed by atoms with van der Waals surface area (Å²) in [5.74, 6) is 1.45. The van der Waals surface area contributed by atoms with Crippen molar-refractivity contribution in [1.29, 1.82) is 0 Å². The number of nitrogens with zero attached hydrogens (tertiary/aromatic N) is 2. The number of hydrogen-bond acceptors (Lipinski definition) is 2. The highest BCUT2D eigenvalue weighted by atomic mass is 15.3. The summed E-state index contributed by atoms with van der Waals surface area (Å²) in [6.07, 6.45) is 8.25. The lowest BCUT2D eigenvalue weighted by molar-refractivity contribution is 0.592. The van der Waals surface area contributed by atoms with Crippen LogP contribution in [0.4, 0.5) is 5.82 Å². The number of hydrogen-bond donors (Lipinski definition) is 1. The normalized spacial score (nSPS) is 17.1. The lowest BCUT2D eigenvalue weighted by Crippen LogP contribution is -1.97. The molecule has 1 saturated carbocycles. The molecule has 0 amide bonds. The molecule has 0 spiro atoms. The molecule has 1 heterocycles. The standard InChI is InChI=1S/C17H23N3/c1-20-17(18)12-16(19-20)15-10-8-14(9-11-15)13-6-4-2-3-5-7-13/h8-13H,2-7,18H2,1H3. The summed E-state index contributed by atoms with van der Waals surface area (Å²) in [5.41, 5.74) is 9.43. The maximum absolute atomic E-state index is 5.84. The third kappa shape index (κ3) is 2.72. The van der Waals surface area contributed by atoms with E-state index in [4.69, 9.17) is 5.73 Å². The first-order valence-corrected chi connectivity index (χ1v) is 7.64. The second kappa shape index (κ2) is 5.70. The zero-order valence-corrected chi connectivity index (χ0v) is 12.2. The van der Waals surface area contributed by atoms with Crippen LogP contribution in [0.1, 0.15) is 50.0 Å². The van der Waals surface area contributed by atoms with Gasteiger partial charge in [0.05, 0.1) is 5.69 Å². The van der Waals surface area contributed by atoms with Crippen molar-refractivity contribution >= 4 is 5.82 Å². The Bertz CT molecular complexity index is 541. The van der Waals surface area contributed by atoms with Gasteiger partial charge in [0, 0.05) is 18.7 Å². The molecule has 1 fully saturated rings. The van der Waals surface area contributed by atoms with Crippen LogP contribution in [0.15, 0.2) is 30.3 Å². The van der Waals surface area contributed by atoms with Gasteiger partial charge in [0.2, 0.25) is 0 Å². The Kier molecular flexibility index (Phi) is 3.77. The number of nitrogens with two attached hydrogens (primary N) is 1. The Morgan fingerprint density at radius 2 is 1.70 bits per heavy atom. The van der Waals surface area contributed by atoms with E-state index in [0.29, 0.717) is 5.82 Å².